The highest BCUT2D eigenvalue weighted by Gasteiger charge is 2.32. The first-order valence-corrected chi connectivity index (χ1v) is 13.2. The Morgan fingerprint density at radius 3 is 2.24 bits per heavy atom. The Morgan fingerprint density at radius 2 is 1.55 bits per heavy atom. The third-order valence-corrected chi connectivity index (χ3v) is 6.91. The molecule has 0 saturated heterocycles. The number of nitrogens with zero attached hydrogens (tertiary/aromatic N) is 1. The van der Waals surface area contributed by atoms with Gasteiger partial charge in [-0.15, -0.1) is 0 Å². The first kappa shape index (κ1) is 27.2. The van der Waals surface area contributed by atoms with Crippen molar-refractivity contribution < 1.29 is 23.5 Å². The molecule has 1 atom stereocenters. The largest absolute Gasteiger partial charge is 0.493 e. The lowest BCUT2D eigenvalue weighted by atomic mass is 9.94. The fourth-order valence-corrected chi connectivity index (χ4v) is 4.85. The van der Waals surface area contributed by atoms with Crippen LogP contribution in [-0.2, 0) is 22.6 Å². The highest BCUT2D eigenvalue weighted by Crippen LogP contribution is 2.26. The molecule has 1 N–H and O–H groups in total. The van der Waals surface area contributed by atoms with Crippen LogP contribution in [0.4, 0.5) is 4.39 Å². The Labute approximate surface area is 223 Å². The minimum absolute atomic E-state index is 0.0992. The van der Waals surface area contributed by atoms with Crippen LogP contribution in [0.1, 0.15) is 43.2 Å². The number of nitrogens with one attached hydrogen (secondary N) is 1. The minimum Gasteiger partial charge on any atom is -0.493 e. The standard InChI is InChI=1S/C31H35FN2O4/c1-37-28-14-8-9-15-29(28)38-22-30(35)34(21-24-16-18-25(32)19-17-24)27(20-23-10-4-2-5-11-23)31(36)33-26-12-6-3-7-13-26/h2,4-5,8-11,14-19,26-27H,3,6-7,12-13,20-22H2,1H3,(H,33,36). The smallest absolute Gasteiger partial charge is 0.261 e. The Morgan fingerprint density at radius 1 is 0.895 bits per heavy atom. The SMILES string of the molecule is COc1ccccc1OCC(=O)N(Cc1ccc(F)cc1)C(Cc1ccccc1)C(=O)NC1CCCCC1. The number of benzene rings is 3. The van der Waals surface area contributed by atoms with Crippen molar-refractivity contribution in [2.24, 2.45) is 0 Å². The lowest BCUT2D eigenvalue weighted by molar-refractivity contribution is -0.143. The summed E-state index contributed by atoms with van der Waals surface area (Å²) in [6, 6.07) is 22.1. The third kappa shape index (κ3) is 7.57. The molecule has 0 bridgehead atoms. The first-order valence-electron chi connectivity index (χ1n) is 13.2. The van der Waals surface area contributed by atoms with Gasteiger partial charge in [-0.2, -0.15) is 0 Å². The van der Waals surface area contributed by atoms with Gasteiger partial charge < -0.3 is 19.7 Å². The number of ether oxygens (including phenoxy) is 2. The molecule has 3 aromatic rings. The molecule has 2 amide bonds. The van der Waals surface area contributed by atoms with Gasteiger partial charge in [-0.05, 0) is 48.2 Å². The summed E-state index contributed by atoms with van der Waals surface area (Å²) in [6.45, 7) is -0.131. The number of para-hydroxylation sites is 2. The zero-order valence-corrected chi connectivity index (χ0v) is 21.8. The minimum atomic E-state index is -0.766. The van der Waals surface area contributed by atoms with E-state index in [-0.39, 0.29) is 36.8 Å². The van der Waals surface area contributed by atoms with E-state index in [4.69, 9.17) is 9.47 Å². The molecule has 38 heavy (non-hydrogen) atoms. The summed E-state index contributed by atoms with van der Waals surface area (Å²) < 4.78 is 24.8. The average Bonchev–Trinajstić information content (AvgIpc) is 2.95. The van der Waals surface area contributed by atoms with Crippen LogP contribution in [-0.4, -0.2) is 42.5 Å². The van der Waals surface area contributed by atoms with E-state index in [0.29, 0.717) is 17.9 Å². The number of amides is 2. The maximum atomic E-state index is 13.8. The summed E-state index contributed by atoms with van der Waals surface area (Å²) >= 11 is 0. The van der Waals surface area contributed by atoms with Crippen molar-refractivity contribution in [1.29, 1.82) is 0 Å². The summed E-state index contributed by atoms with van der Waals surface area (Å²) in [5.41, 5.74) is 1.67. The van der Waals surface area contributed by atoms with E-state index in [0.717, 1.165) is 36.8 Å². The van der Waals surface area contributed by atoms with Crippen molar-refractivity contribution in [2.75, 3.05) is 13.7 Å². The average molecular weight is 519 g/mol. The van der Waals surface area contributed by atoms with Crippen LogP contribution < -0.4 is 14.8 Å². The molecule has 1 fully saturated rings. The lowest BCUT2D eigenvalue weighted by Crippen LogP contribution is -2.53. The number of hydrogen-bond donors (Lipinski definition) is 1. The molecule has 1 aliphatic rings. The van der Waals surface area contributed by atoms with Crippen molar-refractivity contribution in [3.63, 3.8) is 0 Å². The Hall–Kier alpha value is -3.87. The second-order valence-corrected chi connectivity index (χ2v) is 9.64. The zero-order valence-electron chi connectivity index (χ0n) is 21.8. The van der Waals surface area contributed by atoms with Crippen LogP contribution in [0, 0.1) is 5.82 Å². The molecule has 1 unspecified atom stereocenters. The number of methoxy groups -OCH3 is 1. The number of hydrogen-bond acceptors (Lipinski definition) is 4. The second kappa shape index (κ2) is 13.6. The molecule has 0 aliphatic heterocycles. The Kier molecular flexibility index (Phi) is 9.73. The van der Waals surface area contributed by atoms with Gasteiger partial charge in [0.2, 0.25) is 5.91 Å². The first-order chi connectivity index (χ1) is 18.5. The van der Waals surface area contributed by atoms with Gasteiger partial charge in [0.15, 0.2) is 18.1 Å². The van der Waals surface area contributed by atoms with Gasteiger partial charge >= 0.3 is 0 Å². The summed E-state index contributed by atoms with van der Waals surface area (Å²) in [5, 5.41) is 3.21. The normalized spacial score (nSPS) is 14.4. The molecular weight excluding hydrogens is 483 g/mol. The number of halogens is 1. The zero-order chi connectivity index (χ0) is 26.7. The van der Waals surface area contributed by atoms with E-state index >= 15 is 0 Å². The number of carbonyl (C=O) groups is 2. The molecule has 0 spiro atoms. The van der Waals surface area contributed by atoms with Crippen molar-refractivity contribution in [2.45, 2.75) is 57.2 Å². The fourth-order valence-electron chi connectivity index (χ4n) is 4.85. The predicted molar refractivity (Wildman–Crippen MR) is 144 cm³/mol. The number of rotatable bonds is 11. The van der Waals surface area contributed by atoms with Gasteiger partial charge in [-0.25, -0.2) is 4.39 Å². The molecule has 200 valence electrons. The fraction of sp³-hybridized carbons (Fsp3) is 0.355. The van der Waals surface area contributed by atoms with Crippen LogP contribution >= 0.6 is 0 Å². The maximum Gasteiger partial charge on any atom is 0.261 e. The van der Waals surface area contributed by atoms with E-state index in [9.17, 15) is 14.0 Å². The van der Waals surface area contributed by atoms with Crippen molar-refractivity contribution in [1.82, 2.24) is 10.2 Å². The van der Waals surface area contributed by atoms with Gasteiger partial charge in [-0.1, -0.05) is 73.9 Å². The van der Waals surface area contributed by atoms with Crippen LogP contribution in [0.2, 0.25) is 0 Å². The van der Waals surface area contributed by atoms with E-state index < -0.39 is 6.04 Å². The summed E-state index contributed by atoms with van der Waals surface area (Å²) in [5.74, 6) is 0.0630. The van der Waals surface area contributed by atoms with Crippen molar-refractivity contribution >= 4 is 11.8 Å². The maximum absolute atomic E-state index is 13.8. The summed E-state index contributed by atoms with van der Waals surface area (Å²) in [4.78, 5) is 29.0. The lowest BCUT2D eigenvalue weighted by Gasteiger charge is -2.33. The highest BCUT2D eigenvalue weighted by atomic mass is 19.1. The van der Waals surface area contributed by atoms with Crippen LogP contribution in [0.3, 0.4) is 0 Å². The monoisotopic (exact) mass is 518 g/mol. The molecule has 1 saturated carbocycles. The van der Waals surface area contributed by atoms with Crippen LogP contribution in [0.25, 0.3) is 0 Å². The quantitative estimate of drug-likeness (QED) is 0.374. The van der Waals surface area contributed by atoms with E-state index in [1.165, 1.54) is 25.7 Å². The molecule has 1 aliphatic carbocycles. The van der Waals surface area contributed by atoms with Gasteiger partial charge in [-0.3, -0.25) is 9.59 Å². The summed E-state index contributed by atoms with van der Waals surface area (Å²) in [7, 11) is 1.54. The second-order valence-electron chi connectivity index (χ2n) is 9.64. The number of carbonyl (C=O) groups excluding carboxylic acids is 2. The van der Waals surface area contributed by atoms with E-state index in [2.05, 4.69) is 5.32 Å². The molecule has 0 radical (unpaired) electrons. The third-order valence-electron chi connectivity index (χ3n) is 6.91. The predicted octanol–water partition coefficient (Wildman–Crippen LogP) is 5.30. The Bertz CT molecular complexity index is 1180. The molecule has 3 aromatic carbocycles. The van der Waals surface area contributed by atoms with Crippen LogP contribution in [0.15, 0.2) is 78.9 Å². The molecular formula is C31H35FN2O4. The Balaban J connectivity index is 1.61. The van der Waals surface area contributed by atoms with Gasteiger partial charge in [0, 0.05) is 19.0 Å². The molecule has 0 aromatic heterocycles. The van der Waals surface area contributed by atoms with E-state index in [1.807, 2.05) is 36.4 Å². The van der Waals surface area contributed by atoms with E-state index in [1.54, 1.807) is 35.2 Å². The highest BCUT2D eigenvalue weighted by molar-refractivity contribution is 5.88. The topological polar surface area (TPSA) is 67.9 Å². The molecule has 4 rings (SSSR count). The van der Waals surface area contributed by atoms with Crippen LogP contribution in [0.5, 0.6) is 11.5 Å². The van der Waals surface area contributed by atoms with Crippen molar-refractivity contribution in [3.8, 4) is 11.5 Å². The molecule has 0 heterocycles. The van der Waals surface area contributed by atoms with Crippen molar-refractivity contribution in [3.05, 3.63) is 95.8 Å². The van der Waals surface area contributed by atoms with Gasteiger partial charge in [0.1, 0.15) is 11.9 Å². The molecule has 7 heteroatoms. The van der Waals surface area contributed by atoms with Gasteiger partial charge in [0.05, 0.1) is 7.11 Å². The summed E-state index contributed by atoms with van der Waals surface area (Å²) in [6.07, 6.45) is 5.56. The molecule has 6 nitrogen and oxygen atoms in total. The van der Waals surface area contributed by atoms with Gasteiger partial charge in [0.25, 0.3) is 5.91 Å².